The van der Waals surface area contributed by atoms with Gasteiger partial charge in [0.2, 0.25) is 23.6 Å². The Labute approximate surface area is 564 Å². The molecule has 512 valence electrons. The number of rotatable bonds is 22. The molecule has 24 heteroatoms. The lowest BCUT2D eigenvalue weighted by Gasteiger charge is -2.32. The normalized spacial score (nSPS) is 20.3. The zero-order chi connectivity index (χ0) is 68.0. The van der Waals surface area contributed by atoms with Gasteiger partial charge in [-0.25, -0.2) is 9.69 Å². The molecular weight excluding hydrogens is 1240 g/mol. The van der Waals surface area contributed by atoms with Crippen LogP contribution < -0.4 is 61.0 Å². The highest BCUT2D eigenvalue weighted by Gasteiger charge is 2.58. The fourth-order valence-corrected chi connectivity index (χ4v) is 14.5. The minimum atomic E-state index is -1.45. The van der Waals surface area contributed by atoms with Gasteiger partial charge in [0.1, 0.15) is 18.7 Å². The first kappa shape index (κ1) is 66.1. The van der Waals surface area contributed by atoms with Crippen LogP contribution >= 0.6 is 0 Å². The number of aliphatic hydroxyl groups excluding tert-OH is 1. The lowest BCUT2D eigenvalue weighted by Crippen LogP contribution is -2.53. The van der Waals surface area contributed by atoms with E-state index in [0.29, 0.717) is 78.4 Å². The summed E-state index contributed by atoms with van der Waals surface area (Å²) in [6, 6.07) is 26.4. The molecule has 8 aliphatic rings. The average molecular weight is 1330 g/mol. The van der Waals surface area contributed by atoms with E-state index in [1.54, 1.807) is 73.2 Å². The zero-order valence-electron chi connectivity index (χ0n) is 56.1. The van der Waals surface area contributed by atoms with Crippen LogP contribution in [-0.2, 0) is 37.1 Å². The number of methoxy groups -OCH3 is 2. The van der Waals surface area contributed by atoms with Gasteiger partial charge in [0.25, 0.3) is 11.8 Å². The number of fused-ring (bicyclic) bond motifs is 8. The van der Waals surface area contributed by atoms with Crippen molar-refractivity contribution in [3.63, 3.8) is 0 Å². The van der Waals surface area contributed by atoms with Crippen LogP contribution in [0.4, 0.5) is 27.5 Å². The van der Waals surface area contributed by atoms with Crippen LogP contribution in [0.3, 0.4) is 0 Å². The summed E-state index contributed by atoms with van der Waals surface area (Å²) < 4.78 is 29.9. The summed E-state index contributed by atoms with van der Waals surface area (Å²) >= 11 is 0. The molecule has 4 fully saturated rings. The van der Waals surface area contributed by atoms with Crippen LogP contribution in [-0.4, -0.2) is 145 Å². The molecule has 13 rings (SSSR count). The molecule has 5 aromatic carbocycles. The van der Waals surface area contributed by atoms with Crippen molar-refractivity contribution in [2.75, 3.05) is 67.5 Å². The second-order valence-electron chi connectivity index (χ2n) is 27.8. The van der Waals surface area contributed by atoms with Crippen LogP contribution in [0.5, 0.6) is 23.0 Å². The molecule has 5 aromatic rings. The summed E-state index contributed by atoms with van der Waals surface area (Å²) in [5, 5.41) is 26.1. The Bertz CT molecular complexity index is 3940. The van der Waals surface area contributed by atoms with Gasteiger partial charge in [0.15, 0.2) is 29.2 Å². The molecule has 7 N–H and O–H groups in total. The molecule has 2 spiro atoms. The Balaban J connectivity index is 0.597. The van der Waals surface area contributed by atoms with Gasteiger partial charge >= 0.3 is 6.09 Å². The number of benzene rings is 5. The number of para-hydroxylation sites is 1. The maximum atomic E-state index is 14.5. The predicted octanol–water partition coefficient (Wildman–Crippen LogP) is 8.69. The first-order valence-corrected chi connectivity index (χ1v) is 34.0. The third-order valence-corrected chi connectivity index (χ3v) is 20.4. The van der Waals surface area contributed by atoms with E-state index in [4.69, 9.17) is 23.7 Å². The minimum absolute atomic E-state index is 0.0259. The number of anilines is 4. The summed E-state index contributed by atoms with van der Waals surface area (Å²) in [5.74, 6) is -0.940. The molecule has 6 heterocycles. The van der Waals surface area contributed by atoms with Crippen LogP contribution in [0, 0.1) is 16.7 Å². The number of nitrogens with one attached hydrogen (secondary N) is 6. The second kappa shape index (κ2) is 27.2. The highest BCUT2D eigenvalue weighted by Crippen LogP contribution is 2.58. The lowest BCUT2D eigenvalue weighted by molar-refractivity contribution is -0.132. The van der Waals surface area contributed by atoms with E-state index in [0.717, 1.165) is 70.9 Å². The molecule has 6 aliphatic heterocycles. The Kier molecular flexibility index (Phi) is 18.5. The van der Waals surface area contributed by atoms with E-state index in [9.17, 15) is 38.7 Å². The molecular formula is C73H87N11O13. The highest BCUT2D eigenvalue weighted by atomic mass is 16.6. The van der Waals surface area contributed by atoms with Crippen molar-refractivity contribution in [2.45, 2.75) is 155 Å². The van der Waals surface area contributed by atoms with E-state index in [1.807, 2.05) is 64.5 Å². The predicted molar refractivity (Wildman–Crippen MR) is 363 cm³/mol. The molecule has 1 unspecified atom stereocenters. The molecule has 0 radical (unpaired) electrons. The fraction of sp³-hybridized carbons (Fsp3) is 0.466. The largest absolute Gasteiger partial charge is 0.493 e. The number of hydrazine groups is 2. The molecule has 97 heavy (non-hydrogen) atoms. The number of aliphatic hydroxyl groups is 1. The standard InChI is InChI=1S/C73H87N11O13/c1-42(2)63(77-61(85)23-24-62(86)80-38-46-15-9-10-16-49(46)64-65(84(43(3)4)79-78-64)50-17-11-12-18-54(50)80)67(88)75-44(5)66(87)76-47-21-19-45(20-22-47)39-97-71(92)83-55-34-60(58(94-7)32-52(55)69(90)82-41-73(27-28-73)36-56(82)70(83)91)96-30-14-8-13-29-95-59-33-53-51(31-57(59)93-6)68(89)81-40-72(25-26-72)35-48(81)37-74-53/h9-12,15-22,31-34,42-44,48,56,63,70,74,78-79,91H,8,13-14,23-30,35-41H2,1-7H3,(H,75,88)(H,76,87)(H,77,85)/t44-,48-,56-,63-,70?/m0/s1. The van der Waals surface area contributed by atoms with E-state index < -0.39 is 48.2 Å². The summed E-state index contributed by atoms with van der Waals surface area (Å²) in [5.41, 5.74) is 14.6. The maximum Gasteiger partial charge on any atom is 0.416 e. The average Bonchev–Trinajstić information content (AvgIpc) is 1.63. The van der Waals surface area contributed by atoms with Crippen LogP contribution in [0.15, 0.2) is 97.1 Å². The van der Waals surface area contributed by atoms with Crippen molar-refractivity contribution in [3.8, 4) is 23.0 Å². The molecule has 2 saturated carbocycles. The van der Waals surface area contributed by atoms with Crippen molar-refractivity contribution < 1.29 is 62.4 Å². The van der Waals surface area contributed by atoms with Gasteiger partial charge in [-0.3, -0.25) is 33.8 Å². The van der Waals surface area contributed by atoms with Crippen molar-refractivity contribution in [3.05, 3.63) is 130 Å². The minimum Gasteiger partial charge on any atom is -0.493 e. The van der Waals surface area contributed by atoms with Gasteiger partial charge < -0.3 is 70.2 Å². The van der Waals surface area contributed by atoms with Crippen molar-refractivity contribution >= 4 is 75.7 Å². The maximum absolute atomic E-state index is 14.5. The van der Waals surface area contributed by atoms with Crippen molar-refractivity contribution in [2.24, 2.45) is 16.7 Å². The molecule has 5 atom stereocenters. The molecule has 2 saturated heterocycles. The molecule has 2 aliphatic carbocycles. The number of unbranched alkanes of at least 4 members (excludes halogenated alkanes) is 2. The van der Waals surface area contributed by atoms with Crippen LogP contribution in [0.2, 0.25) is 0 Å². The van der Waals surface area contributed by atoms with Crippen molar-refractivity contribution in [1.29, 1.82) is 0 Å². The Morgan fingerprint density at radius 1 is 0.680 bits per heavy atom. The van der Waals surface area contributed by atoms with Crippen LogP contribution in [0.1, 0.15) is 148 Å². The second-order valence-corrected chi connectivity index (χ2v) is 27.8. The number of hydrogen-bond donors (Lipinski definition) is 7. The number of hydrogen-bond acceptors (Lipinski definition) is 17. The highest BCUT2D eigenvalue weighted by molar-refractivity contribution is 6.07. The smallest absolute Gasteiger partial charge is 0.416 e. The molecule has 24 nitrogen and oxygen atoms in total. The summed E-state index contributed by atoms with van der Waals surface area (Å²) in [4.78, 5) is 104. The van der Waals surface area contributed by atoms with E-state index in [1.165, 1.54) is 26.9 Å². The quantitative estimate of drug-likeness (QED) is 0.0319. The summed E-state index contributed by atoms with van der Waals surface area (Å²) in [6.07, 6.45) is 5.13. The van der Waals surface area contributed by atoms with Gasteiger partial charge in [-0.15, -0.1) is 5.53 Å². The summed E-state index contributed by atoms with van der Waals surface area (Å²) in [7, 11) is 3.05. The number of carbonyl (C=O) groups is 7. The number of amides is 7. The Morgan fingerprint density at radius 3 is 2.02 bits per heavy atom. The Hall–Kier alpha value is -9.55. The van der Waals surface area contributed by atoms with Crippen LogP contribution in [0.25, 0.3) is 11.4 Å². The third kappa shape index (κ3) is 13.4. The topological polar surface area (TPSA) is 274 Å². The zero-order valence-corrected chi connectivity index (χ0v) is 56.1. The Morgan fingerprint density at radius 2 is 1.33 bits per heavy atom. The van der Waals surface area contributed by atoms with E-state index in [2.05, 4.69) is 46.1 Å². The van der Waals surface area contributed by atoms with E-state index >= 15 is 0 Å². The lowest BCUT2D eigenvalue weighted by atomic mass is 9.95. The first-order valence-electron chi connectivity index (χ1n) is 34.0. The SMILES string of the molecule is COc1cc2c(cc1OCCCCCOc1cc3c(cc1OC)C(=O)N1CC4(CC4)C[C@H]1C(O)N3C(=O)OCc1ccc(NC(=O)[C@H](C)NC(=O)[C@@H](NC(=O)CCC(=O)N3Cc4ccccc4C4=C(c5ccccc53)N(C(C)C)NN4)C(C)C)cc1)NC[C@@H]1CC3(CC3)CN1C2=O. The first-order chi connectivity index (χ1) is 46.7. The molecule has 7 amide bonds. The summed E-state index contributed by atoms with van der Waals surface area (Å²) in [6.45, 7) is 11.9. The van der Waals surface area contributed by atoms with Gasteiger partial charge in [-0.1, -0.05) is 68.4 Å². The monoisotopic (exact) mass is 1330 g/mol. The molecule has 0 bridgehead atoms. The van der Waals surface area contributed by atoms with Gasteiger partial charge in [-0.05, 0) is 137 Å². The van der Waals surface area contributed by atoms with Gasteiger partial charge in [0.05, 0.1) is 79.6 Å². The van der Waals surface area contributed by atoms with Gasteiger partial charge in [0, 0.05) is 73.5 Å². The fourth-order valence-electron chi connectivity index (χ4n) is 14.5. The number of ether oxygens (including phenoxy) is 5. The van der Waals surface area contributed by atoms with Crippen molar-refractivity contribution in [1.82, 2.24) is 36.4 Å². The molecule has 0 aromatic heterocycles. The third-order valence-electron chi connectivity index (χ3n) is 20.4. The van der Waals surface area contributed by atoms with Gasteiger partial charge in [-0.2, -0.15) is 0 Å². The van der Waals surface area contributed by atoms with E-state index in [-0.39, 0.29) is 96.5 Å². The number of carbonyl (C=O) groups excluding carboxylic acids is 7. The number of nitrogens with zero attached hydrogens (tertiary/aromatic N) is 5.